The summed E-state index contributed by atoms with van der Waals surface area (Å²) in [6.45, 7) is 1.39. The molecule has 0 aliphatic heterocycles. The van der Waals surface area contributed by atoms with E-state index in [0.717, 1.165) is 36.7 Å². The number of nitrogens with zero attached hydrogens (tertiary/aromatic N) is 1. The Morgan fingerprint density at radius 1 is 0.909 bits per heavy atom. The fourth-order valence-electron chi connectivity index (χ4n) is 4.47. The number of methoxy groups -OCH3 is 4. The second kappa shape index (κ2) is 12.8. The summed E-state index contributed by atoms with van der Waals surface area (Å²) < 4.78 is 21.8. The van der Waals surface area contributed by atoms with Gasteiger partial charge in [-0.1, -0.05) is 25.0 Å². The summed E-state index contributed by atoms with van der Waals surface area (Å²) in [5, 5.41) is 6.95. The molecule has 1 aliphatic carbocycles. The molecule has 1 fully saturated rings. The predicted octanol–water partition coefficient (Wildman–Crippen LogP) is 4.52. The van der Waals surface area contributed by atoms with Crippen molar-refractivity contribution in [1.29, 1.82) is 0 Å². The van der Waals surface area contributed by atoms with E-state index in [-0.39, 0.29) is 29.4 Å². The minimum Gasteiger partial charge on any atom is -0.497 e. The fraction of sp³-hybridized carbons (Fsp3) is 0.480. The first kappa shape index (κ1) is 26.9. The van der Waals surface area contributed by atoms with Gasteiger partial charge in [0.05, 0.1) is 28.4 Å². The Morgan fingerprint density at radius 3 is 2.12 bits per heavy atom. The molecular formula is C25H36IN3O4. The predicted molar refractivity (Wildman–Crippen MR) is 143 cm³/mol. The SMILES string of the molecule is CN=C(NCc1cc(OC)c(OC)c(OC)c1)NCC1(c2cccc(OC)c2)CCCC1.I. The largest absolute Gasteiger partial charge is 0.497 e. The Kier molecular flexibility index (Phi) is 10.4. The Bertz CT molecular complexity index is 905. The van der Waals surface area contributed by atoms with Crippen LogP contribution in [0.4, 0.5) is 0 Å². The van der Waals surface area contributed by atoms with Crippen LogP contribution in [0, 0.1) is 0 Å². The third-order valence-electron chi connectivity index (χ3n) is 6.25. The molecule has 2 aromatic carbocycles. The highest BCUT2D eigenvalue weighted by atomic mass is 127. The highest BCUT2D eigenvalue weighted by molar-refractivity contribution is 14.0. The number of guanidine groups is 1. The zero-order valence-corrected chi connectivity index (χ0v) is 22.5. The van der Waals surface area contributed by atoms with Gasteiger partial charge in [-0.2, -0.15) is 0 Å². The number of nitrogens with one attached hydrogen (secondary N) is 2. The second-order valence-electron chi connectivity index (χ2n) is 8.03. The molecule has 2 N–H and O–H groups in total. The Labute approximate surface area is 214 Å². The topological polar surface area (TPSA) is 73.3 Å². The van der Waals surface area contributed by atoms with E-state index < -0.39 is 0 Å². The van der Waals surface area contributed by atoms with E-state index in [1.54, 1.807) is 35.5 Å². The molecule has 0 amide bonds. The van der Waals surface area contributed by atoms with Crippen LogP contribution in [0.3, 0.4) is 0 Å². The smallest absolute Gasteiger partial charge is 0.203 e. The minimum absolute atomic E-state index is 0. The van der Waals surface area contributed by atoms with Gasteiger partial charge in [0, 0.05) is 25.6 Å². The Morgan fingerprint density at radius 2 is 1.58 bits per heavy atom. The first-order valence-electron chi connectivity index (χ1n) is 11.0. The van der Waals surface area contributed by atoms with Gasteiger partial charge >= 0.3 is 0 Å². The Hall–Kier alpha value is -2.36. The summed E-state index contributed by atoms with van der Waals surface area (Å²) >= 11 is 0. The number of rotatable bonds is 9. The maximum absolute atomic E-state index is 5.46. The minimum atomic E-state index is 0. The highest BCUT2D eigenvalue weighted by Crippen LogP contribution is 2.41. The van der Waals surface area contributed by atoms with Crippen molar-refractivity contribution in [3.63, 3.8) is 0 Å². The third-order valence-corrected chi connectivity index (χ3v) is 6.25. The van der Waals surface area contributed by atoms with Crippen molar-refractivity contribution < 1.29 is 18.9 Å². The van der Waals surface area contributed by atoms with Crippen molar-refractivity contribution in [3.8, 4) is 23.0 Å². The molecule has 0 bridgehead atoms. The van der Waals surface area contributed by atoms with E-state index in [1.165, 1.54) is 18.4 Å². The van der Waals surface area contributed by atoms with Gasteiger partial charge in [0.25, 0.3) is 0 Å². The highest BCUT2D eigenvalue weighted by Gasteiger charge is 2.36. The van der Waals surface area contributed by atoms with Gasteiger partial charge in [-0.05, 0) is 48.2 Å². The first-order chi connectivity index (χ1) is 15.6. The molecule has 0 radical (unpaired) electrons. The molecule has 1 saturated carbocycles. The standard InChI is InChI=1S/C25H35N3O4.HI/c1-26-24(27-16-18-13-21(30-3)23(32-5)22(14-18)31-4)28-17-25(11-6-7-12-25)19-9-8-10-20(15-19)29-2;/h8-10,13-15H,6-7,11-12,16-17H2,1-5H3,(H2,26,27,28);1H. The normalized spacial score (nSPS) is 14.8. The maximum atomic E-state index is 5.46. The van der Waals surface area contributed by atoms with Gasteiger partial charge in [0.15, 0.2) is 17.5 Å². The zero-order chi connectivity index (χ0) is 23.0. The number of aliphatic imine (C=N–C) groups is 1. The lowest BCUT2D eigenvalue weighted by Gasteiger charge is -2.31. The van der Waals surface area contributed by atoms with Gasteiger partial charge in [-0.3, -0.25) is 4.99 Å². The number of halogens is 1. The van der Waals surface area contributed by atoms with Crippen LogP contribution in [0.25, 0.3) is 0 Å². The molecule has 0 heterocycles. The fourth-order valence-corrected chi connectivity index (χ4v) is 4.47. The first-order valence-corrected chi connectivity index (χ1v) is 11.0. The van der Waals surface area contributed by atoms with Gasteiger partial charge in [-0.15, -0.1) is 24.0 Å². The van der Waals surface area contributed by atoms with Gasteiger partial charge in [-0.25, -0.2) is 0 Å². The summed E-state index contributed by atoms with van der Waals surface area (Å²) in [5.41, 5.74) is 2.41. The third kappa shape index (κ3) is 6.37. The molecule has 3 rings (SSSR count). The molecule has 182 valence electrons. The zero-order valence-electron chi connectivity index (χ0n) is 20.2. The maximum Gasteiger partial charge on any atom is 0.203 e. The molecule has 0 spiro atoms. The molecule has 0 atom stereocenters. The summed E-state index contributed by atoms with van der Waals surface area (Å²) in [6.07, 6.45) is 4.76. The van der Waals surface area contributed by atoms with Crippen molar-refractivity contribution in [3.05, 3.63) is 47.5 Å². The van der Waals surface area contributed by atoms with Gasteiger partial charge in [0.2, 0.25) is 5.75 Å². The van der Waals surface area contributed by atoms with E-state index in [0.29, 0.717) is 23.8 Å². The lowest BCUT2D eigenvalue weighted by atomic mass is 9.78. The second-order valence-corrected chi connectivity index (χ2v) is 8.03. The van der Waals surface area contributed by atoms with Gasteiger partial charge < -0.3 is 29.6 Å². The van der Waals surface area contributed by atoms with Crippen LogP contribution < -0.4 is 29.6 Å². The van der Waals surface area contributed by atoms with Crippen molar-refractivity contribution in [1.82, 2.24) is 10.6 Å². The molecule has 7 nitrogen and oxygen atoms in total. The molecule has 1 aliphatic rings. The average molecular weight is 569 g/mol. The Balaban J connectivity index is 0.00000385. The number of hydrogen-bond donors (Lipinski definition) is 2. The van der Waals surface area contributed by atoms with Crippen molar-refractivity contribution >= 4 is 29.9 Å². The lowest BCUT2D eigenvalue weighted by molar-refractivity contribution is 0.323. The molecule has 0 saturated heterocycles. The van der Waals surface area contributed by atoms with Crippen LogP contribution >= 0.6 is 24.0 Å². The van der Waals surface area contributed by atoms with E-state index in [9.17, 15) is 0 Å². The van der Waals surface area contributed by atoms with E-state index in [1.807, 2.05) is 18.2 Å². The summed E-state index contributed by atoms with van der Waals surface area (Å²) in [6, 6.07) is 12.3. The molecular weight excluding hydrogens is 533 g/mol. The van der Waals surface area contributed by atoms with E-state index in [2.05, 4.69) is 33.8 Å². The van der Waals surface area contributed by atoms with E-state index in [4.69, 9.17) is 18.9 Å². The monoisotopic (exact) mass is 569 g/mol. The van der Waals surface area contributed by atoms with Crippen LogP contribution in [-0.4, -0.2) is 48.0 Å². The molecule has 2 aromatic rings. The van der Waals surface area contributed by atoms with Crippen LogP contribution in [0.2, 0.25) is 0 Å². The summed E-state index contributed by atoms with van der Waals surface area (Å²) in [7, 11) is 8.35. The van der Waals surface area contributed by atoms with Crippen LogP contribution in [-0.2, 0) is 12.0 Å². The molecule has 33 heavy (non-hydrogen) atoms. The number of hydrogen-bond acceptors (Lipinski definition) is 5. The molecule has 8 heteroatoms. The van der Waals surface area contributed by atoms with Crippen molar-refractivity contribution in [2.75, 3.05) is 42.0 Å². The van der Waals surface area contributed by atoms with Gasteiger partial charge in [0.1, 0.15) is 5.75 Å². The quantitative estimate of drug-likeness (QED) is 0.263. The number of benzene rings is 2. The van der Waals surface area contributed by atoms with Crippen LogP contribution in [0.1, 0.15) is 36.8 Å². The summed E-state index contributed by atoms with van der Waals surface area (Å²) in [5.74, 6) is 3.51. The van der Waals surface area contributed by atoms with E-state index >= 15 is 0 Å². The number of ether oxygens (including phenoxy) is 4. The van der Waals surface area contributed by atoms with Crippen LogP contribution in [0.5, 0.6) is 23.0 Å². The van der Waals surface area contributed by atoms with Crippen molar-refractivity contribution in [2.45, 2.75) is 37.6 Å². The molecule has 0 unspecified atom stereocenters. The van der Waals surface area contributed by atoms with Crippen LogP contribution in [0.15, 0.2) is 41.4 Å². The average Bonchev–Trinajstić information content (AvgIpc) is 3.33. The van der Waals surface area contributed by atoms with Crippen molar-refractivity contribution in [2.24, 2.45) is 4.99 Å². The lowest BCUT2D eigenvalue weighted by Crippen LogP contribution is -2.44. The molecule has 0 aromatic heterocycles. The summed E-state index contributed by atoms with van der Waals surface area (Å²) in [4.78, 5) is 4.42.